The van der Waals surface area contributed by atoms with Crippen molar-refractivity contribution in [3.63, 3.8) is 0 Å². The summed E-state index contributed by atoms with van der Waals surface area (Å²) in [6, 6.07) is 17.5. The Labute approximate surface area is 174 Å². The van der Waals surface area contributed by atoms with E-state index in [9.17, 15) is 13.2 Å². The average molecular weight is 433 g/mol. The first-order chi connectivity index (χ1) is 13.9. The average Bonchev–Trinajstić information content (AvgIpc) is 2.71. The van der Waals surface area contributed by atoms with Crippen molar-refractivity contribution >= 4 is 44.0 Å². The molecule has 6 nitrogen and oxygen atoms in total. The molecule has 0 aliphatic carbocycles. The number of halogens is 1. The fourth-order valence-electron chi connectivity index (χ4n) is 2.75. The number of hydrogen-bond acceptors (Lipinski definition) is 4. The number of hydrogen-bond donors (Lipinski definition) is 2. The van der Waals surface area contributed by atoms with Gasteiger partial charge in [-0.25, -0.2) is 13.1 Å². The van der Waals surface area contributed by atoms with E-state index >= 15 is 0 Å². The van der Waals surface area contributed by atoms with Gasteiger partial charge in [-0.15, -0.1) is 0 Å². The lowest BCUT2D eigenvalue weighted by molar-refractivity contribution is -0.118. The van der Waals surface area contributed by atoms with E-state index in [4.69, 9.17) is 16.3 Å². The third-order valence-corrected chi connectivity index (χ3v) is 5.93. The highest BCUT2D eigenvalue weighted by molar-refractivity contribution is 7.89. The van der Waals surface area contributed by atoms with Crippen molar-refractivity contribution < 1.29 is 17.9 Å². The van der Waals surface area contributed by atoms with Crippen LogP contribution in [0.15, 0.2) is 65.6 Å². The topological polar surface area (TPSA) is 84.5 Å². The fraction of sp³-hybridized carbons (Fsp3) is 0.190. The van der Waals surface area contributed by atoms with Gasteiger partial charge in [-0.2, -0.15) is 0 Å². The summed E-state index contributed by atoms with van der Waals surface area (Å²) in [4.78, 5) is 12.3. The van der Waals surface area contributed by atoms with Crippen molar-refractivity contribution in [1.29, 1.82) is 0 Å². The second-order valence-electron chi connectivity index (χ2n) is 6.35. The Balaban J connectivity index is 1.66. The first-order valence-corrected chi connectivity index (χ1v) is 11.0. The van der Waals surface area contributed by atoms with Gasteiger partial charge in [0.25, 0.3) is 5.91 Å². The van der Waals surface area contributed by atoms with Gasteiger partial charge in [0.1, 0.15) is 5.75 Å². The predicted octanol–water partition coefficient (Wildman–Crippen LogP) is 4.20. The minimum absolute atomic E-state index is 0.0449. The number of carbonyl (C=O) groups is 1. The van der Waals surface area contributed by atoms with Gasteiger partial charge in [0.15, 0.2) is 6.61 Å². The second-order valence-corrected chi connectivity index (χ2v) is 8.53. The lowest BCUT2D eigenvalue weighted by Gasteiger charge is -2.12. The van der Waals surface area contributed by atoms with Gasteiger partial charge in [-0.3, -0.25) is 4.79 Å². The summed E-state index contributed by atoms with van der Waals surface area (Å²) in [7, 11) is -3.62. The van der Waals surface area contributed by atoms with Crippen molar-refractivity contribution in [2.75, 3.05) is 18.5 Å². The lowest BCUT2D eigenvalue weighted by atomic mass is 10.1. The van der Waals surface area contributed by atoms with Crippen LogP contribution in [-0.2, 0) is 14.8 Å². The highest BCUT2D eigenvalue weighted by Gasteiger charge is 2.16. The maximum absolute atomic E-state index is 12.3. The molecule has 3 aromatic rings. The minimum Gasteiger partial charge on any atom is -0.482 e. The van der Waals surface area contributed by atoms with Gasteiger partial charge in [-0.1, -0.05) is 54.9 Å². The number of benzene rings is 3. The zero-order valence-electron chi connectivity index (χ0n) is 15.8. The van der Waals surface area contributed by atoms with Crippen LogP contribution in [0, 0.1) is 0 Å². The molecule has 0 bridgehead atoms. The molecule has 1 amide bonds. The van der Waals surface area contributed by atoms with Crippen molar-refractivity contribution in [3.8, 4) is 5.75 Å². The predicted molar refractivity (Wildman–Crippen MR) is 115 cm³/mol. The quantitative estimate of drug-likeness (QED) is 0.558. The normalized spacial score (nSPS) is 11.4. The van der Waals surface area contributed by atoms with Gasteiger partial charge < -0.3 is 10.1 Å². The number of fused-ring (bicyclic) bond motifs is 1. The van der Waals surface area contributed by atoms with Crippen LogP contribution in [-0.4, -0.2) is 27.5 Å². The number of nitrogens with one attached hydrogen (secondary N) is 2. The molecule has 8 heteroatoms. The molecule has 0 radical (unpaired) electrons. The molecule has 0 aliphatic rings. The minimum atomic E-state index is -3.62. The zero-order chi connectivity index (χ0) is 20.9. The van der Waals surface area contributed by atoms with E-state index in [0.29, 0.717) is 18.7 Å². The number of amides is 1. The Bertz CT molecular complexity index is 1130. The van der Waals surface area contributed by atoms with Gasteiger partial charge in [0.05, 0.1) is 9.92 Å². The smallest absolute Gasteiger partial charge is 0.262 e. The summed E-state index contributed by atoms with van der Waals surface area (Å²) >= 11 is 6.14. The van der Waals surface area contributed by atoms with E-state index in [1.807, 2.05) is 49.4 Å². The van der Waals surface area contributed by atoms with E-state index in [-0.39, 0.29) is 28.2 Å². The largest absolute Gasteiger partial charge is 0.482 e. The van der Waals surface area contributed by atoms with Crippen LogP contribution in [0.3, 0.4) is 0 Å². The first-order valence-electron chi connectivity index (χ1n) is 9.10. The molecule has 2 N–H and O–H groups in total. The molecular weight excluding hydrogens is 412 g/mol. The van der Waals surface area contributed by atoms with Crippen molar-refractivity contribution in [1.82, 2.24) is 4.72 Å². The molecule has 0 aliphatic heterocycles. The summed E-state index contributed by atoms with van der Waals surface area (Å²) in [5, 5.41) is 4.88. The second kappa shape index (κ2) is 9.26. The van der Waals surface area contributed by atoms with E-state index in [2.05, 4.69) is 10.0 Å². The highest BCUT2D eigenvalue weighted by atomic mass is 35.5. The van der Waals surface area contributed by atoms with Crippen LogP contribution in [0.1, 0.15) is 13.3 Å². The third kappa shape index (κ3) is 5.26. The maximum Gasteiger partial charge on any atom is 0.262 e. The summed E-state index contributed by atoms with van der Waals surface area (Å²) in [5.74, 6) is -0.118. The van der Waals surface area contributed by atoms with Crippen molar-refractivity contribution in [2.45, 2.75) is 18.2 Å². The molecule has 3 aromatic carbocycles. The highest BCUT2D eigenvalue weighted by Crippen LogP contribution is 2.28. The molecule has 0 fully saturated rings. The van der Waals surface area contributed by atoms with Crippen molar-refractivity contribution in [2.24, 2.45) is 0 Å². The molecule has 152 valence electrons. The Hall–Kier alpha value is -2.61. The summed E-state index contributed by atoms with van der Waals surface area (Å²) in [5.41, 5.74) is 0.686. The molecule has 0 unspecified atom stereocenters. The molecule has 0 aromatic heterocycles. The Kier molecular flexibility index (Phi) is 6.74. The number of carbonyl (C=O) groups excluding carboxylic acids is 1. The number of anilines is 1. The maximum atomic E-state index is 12.3. The number of rotatable bonds is 8. The Morgan fingerprint density at radius 1 is 1.07 bits per heavy atom. The lowest BCUT2D eigenvalue weighted by Crippen LogP contribution is -2.24. The van der Waals surface area contributed by atoms with Gasteiger partial charge >= 0.3 is 0 Å². The summed E-state index contributed by atoms with van der Waals surface area (Å²) < 4.78 is 32.3. The zero-order valence-corrected chi connectivity index (χ0v) is 17.4. The van der Waals surface area contributed by atoms with Crippen LogP contribution in [0.5, 0.6) is 5.75 Å². The van der Waals surface area contributed by atoms with Crippen molar-refractivity contribution in [3.05, 3.63) is 65.7 Å². The molecule has 29 heavy (non-hydrogen) atoms. The molecule has 0 saturated carbocycles. The van der Waals surface area contributed by atoms with Gasteiger partial charge in [0, 0.05) is 17.6 Å². The van der Waals surface area contributed by atoms with Crippen LogP contribution >= 0.6 is 11.6 Å². The van der Waals surface area contributed by atoms with Crippen LogP contribution in [0.2, 0.25) is 5.02 Å². The molecule has 0 spiro atoms. The number of ether oxygens (including phenoxy) is 1. The summed E-state index contributed by atoms with van der Waals surface area (Å²) in [6.45, 7) is 1.95. The molecular formula is C21H21ClN2O4S. The fourth-order valence-corrected chi connectivity index (χ4v) is 4.21. The van der Waals surface area contributed by atoms with E-state index in [1.54, 1.807) is 0 Å². The van der Waals surface area contributed by atoms with Gasteiger partial charge in [-0.05, 0) is 36.1 Å². The Morgan fingerprint density at radius 3 is 2.59 bits per heavy atom. The standard InChI is InChI=1S/C21H21ClN2O4S/c1-2-12-23-29(26,27)16-10-11-20(18(22)13-16)28-14-21(25)24-19-9-5-7-15-6-3-4-8-17(15)19/h3-11,13,23H,2,12,14H2,1H3,(H,24,25). The monoisotopic (exact) mass is 432 g/mol. The van der Waals surface area contributed by atoms with Crippen LogP contribution in [0.25, 0.3) is 10.8 Å². The molecule has 0 saturated heterocycles. The van der Waals surface area contributed by atoms with E-state index < -0.39 is 10.0 Å². The van der Waals surface area contributed by atoms with E-state index in [1.165, 1.54) is 18.2 Å². The molecule has 3 rings (SSSR count). The Morgan fingerprint density at radius 2 is 1.83 bits per heavy atom. The third-order valence-electron chi connectivity index (χ3n) is 4.18. The number of sulfonamides is 1. The van der Waals surface area contributed by atoms with E-state index in [0.717, 1.165) is 10.8 Å². The van der Waals surface area contributed by atoms with Gasteiger partial charge in [0.2, 0.25) is 10.0 Å². The molecule has 0 atom stereocenters. The van der Waals surface area contributed by atoms with Crippen LogP contribution in [0.4, 0.5) is 5.69 Å². The molecule has 0 heterocycles. The van der Waals surface area contributed by atoms with Crippen LogP contribution < -0.4 is 14.8 Å². The first kappa shape index (κ1) is 21.1. The SMILES string of the molecule is CCCNS(=O)(=O)c1ccc(OCC(=O)Nc2cccc3ccccc23)c(Cl)c1. The summed E-state index contributed by atoms with van der Waals surface area (Å²) in [6.07, 6.45) is 0.681.